The molecule has 1 atom stereocenters. The Hall–Kier alpha value is 0.400. The summed E-state index contributed by atoms with van der Waals surface area (Å²) in [5.41, 5.74) is 0.223. The highest BCUT2D eigenvalue weighted by molar-refractivity contribution is 9.09. The Labute approximate surface area is 96.1 Å². The van der Waals surface area contributed by atoms with Crippen LogP contribution in [0.4, 0.5) is 0 Å². The molecule has 0 bridgehead atoms. The zero-order chi connectivity index (χ0) is 10.6. The molecule has 0 amide bonds. The normalized spacial score (nSPS) is 24.2. The van der Waals surface area contributed by atoms with Crippen molar-refractivity contribution in [1.29, 1.82) is 0 Å². The third-order valence-corrected chi connectivity index (χ3v) is 4.48. The summed E-state index contributed by atoms with van der Waals surface area (Å²) < 4.78 is 5.73. The SMILES string of the molecule is CN(CC1CCCCO1)C(C)(C)CBr. The highest BCUT2D eigenvalue weighted by Crippen LogP contribution is 2.19. The molecule has 1 rings (SSSR count). The molecule has 2 nitrogen and oxygen atoms in total. The fourth-order valence-electron chi connectivity index (χ4n) is 1.61. The van der Waals surface area contributed by atoms with E-state index in [1.54, 1.807) is 0 Å². The Bertz CT molecular complexity index is 167. The van der Waals surface area contributed by atoms with E-state index in [4.69, 9.17) is 4.74 Å². The van der Waals surface area contributed by atoms with Gasteiger partial charge in [0.1, 0.15) is 0 Å². The maximum Gasteiger partial charge on any atom is 0.0702 e. The highest BCUT2D eigenvalue weighted by atomic mass is 79.9. The molecular formula is C11H22BrNO. The minimum absolute atomic E-state index is 0.223. The monoisotopic (exact) mass is 263 g/mol. The molecule has 1 heterocycles. The van der Waals surface area contributed by atoms with Crippen LogP contribution in [0, 0.1) is 0 Å². The maximum atomic E-state index is 5.73. The van der Waals surface area contributed by atoms with Crippen LogP contribution in [0.15, 0.2) is 0 Å². The number of alkyl halides is 1. The fraction of sp³-hybridized carbons (Fsp3) is 1.00. The molecule has 14 heavy (non-hydrogen) atoms. The minimum atomic E-state index is 0.223. The van der Waals surface area contributed by atoms with Gasteiger partial charge in [-0.25, -0.2) is 0 Å². The molecule has 0 aromatic rings. The van der Waals surface area contributed by atoms with E-state index >= 15 is 0 Å². The summed E-state index contributed by atoms with van der Waals surface area (Å²) in [4.78, 5) is 2.39. The summed E-state index contributed by atoms with van der Waals surface area (Å²) >= 11 is 3.55. The van der Waals surface area contributed by atoms with Crippen molar-refractivity contribution in [2.24, 2.45) is 0 Å². The molecule has 3 heteroatoms. The van der Waals surface area contributed by atoms with Gasteiger partial charge < -0.3 is 4.74 Å². The molecule has 0 N–H and O–H groups in total. The first-order valence-corrected chi connectivity index (χ1v) is 6.57. The zero-order valence-electron chi connectivity index (χ0n) is 9.55. The van der Waals surface area contributed by atoms with Crippen molar-refractivity contribution in [3.05, 3.63) is 0 Å². The molecule has 1 fully saturated rings. The average Bonchev–Trinajstić information content (AvgIpc) is 2.19. The van der Waals surface area contributed by atoms with Gasteiger partial charge in [-0.15, -0.1) is 0 Å². The van der Waals surface area contributed by atoms with E-state index in [1.165, 1.54) is 19.3 Å². The lowest BCUT2D eigenvalue weighted by molar-refractivity contribution is -0.0151. The molecule has 84 valence electrons. The molecule has 1 aliphatic heterocycles. The predicted octanol–water partition coefficient (Wildman–Crippen LogP) is 2.66. The first-order valence-electron chi connectivity index (χ1n) is 5.45. The van der Waals surface area contributed by atoms with E-state index in [1.807, 2.05) is 0 Å². The number of ether oxygens (including phenoxy) is 1. The molecule has 0 aromatic carbocycles. The van der Waals surface area contributed by atoms with Gasteiger partial charge in [0.2, 0.25) is 0 Å². The smallest absolute Gasteiger partial charge is 0.0702 e. The van der Waals surface area contributed by atoms with Crippen LogP contribution >= 0.6 is 15.9 Å². The van der Waals surface area contributed by atoms with Crippen molar-refractivity contribution in [2.75, 3.05) is 25.5 Å². The lowest BCUT2D eigenvalue weighted by Crippen LogP contribution is -2.47. The van der Waals surface area contributed by atoms with Gasteiger partial charge in [-0.3, -0.25) is 4.90 Å². The number of nitrogens with zero attached hydrogens (tertiary/aromatic N) is 1. The number of hydrogen-bond acceptors (Lipinski definition) is 2. The third-order valence-electron chi connectivity index (χ3n) is 3.11. The van der Waals surface area contributed by atoms with Gasteiger partial charge in [0.15, 0.2) is 0 Å². The van der Waals surface area contributed by atoms with Gasteiger partial charge in [0.25, 0.3) is 0 Å². The van der Waals surface area contributed by atoms with Crippen molar-refractivity contribution in [1.82, 2.24) is 4.90 Å². The van der Waals surface area contributed by atoms with E-state index in [0.29, 0.717) is 6.10 Å². The molecule has 1 saturated heterocycles. The van der Waals surface area contributed by atoms with Gasteiger partial charge in [-0.2, -0.15) is 0 Å². The molecule has 1 aliphatic rings. The van der Waals surface area contributed by atoms with E-state index in [9.17, 15) is 0 Å². The lowest BCUT2D eigenvalue weighted by atomic mass is 10.0. The Morgan fingerprint density at radius 2 is 2.14 bits per heavy atom. The summed E-state index contributed by atoms with van der Waals surface area (Å²) in [6.07, 6.45) is 4.24. The first kappa shape index (κ1) is 12.5. The van der Waals surface area contributed by atoms with Crippen molar-refractivity contribution < 1.29 is 4.74 Å². The summed E-state index contributed by atoms with van der Waals surface area (Å²) in [5, 5.41) is 1.00. The maximum absolute atomic E-state index is 5.73. The Morgan fingerprint density at radius 3 is 2.64 bits per heavy atom. The third kappa shape index (κ3) is 3.52. The fourth-order valence-corrected chi connectivity index (χ4v) is 2.03. The van der Waals surface area contributed by atoms with Crippen LogP contribution in [0.2, 0.25) is 0 Å². The Morgan fingerprint density at radius 1 is 1.43 bits per heavy atom. The molecule has 0 spiro atoms. The minimum Gasteiger partial charge on any atom is -0.377 e. The lowest BCUT2D eigenvalue weighted by Gasteiger charge is -2.37. The second-order valence-electron chi connectivity index (χ2n) is 4.82. The average molecular weight is 264 g/mol. The molecule has 1 unspecified atom stereocenters. The molecule has 0 aromatic heterocycles. The molecule has 0 aliphatic carbocycles. The van der Waals surface area contributed by atoms with Gasteiger partial charge in [-0.1, -0.05) is 15.9 Å². The first-order chi connectivity index (χ1) is 6.56. The van der Waals surface area contributed by atoms with Crippen molar-refractivity contribution in [2.45, 2.75) is 44.8 Å². The van der Waals surface area contributed by atoms with Crippen LogP contribution < -0.4 is 0 Å². The Balaban J connectivity index is 2.34. The largest absolute Gasteiger partial charge is 0.377 e. The molecular weight excluding hydrogens is 242 g/mol. The Kier molecular flexibility index (Phi) is 4.88. The van der Waals surface area contributed by atoms with Crippen LogP contribution in [-0.2, 0) is 4.74 Å². The summed E-state index contributed by atoms with van der Waals surface area (Å²) in [5.74, 6) is 0. The number of hydrogen-bond donors (Lipinski definition) is 0. The van der Waals surface area contributed by atoms with E-state index < -0.39 is 0 Å². The predicted molar refractivity (Wildman–Crippen MR) is 64.1 cm³/mol. The van der Waals surface area contributed by atoms with Crippen molar-refractivity contribution >= 4 is 15.9 Å². The standard InChI is InChI=1S/C11H22BrNO/c1-11(2,9-12)13(3)8-10-6-4-5-7-14-10/h10H,4-9H2,1-3H3. The van der Waals surface area contributed by atoms with Crippen LogP contribution in [0.25, 0.3) is 0 Å². The molecule has 0 saturated carbocycles. The summed E-state index contributed by atoms with van der Waals surface area (Å²) in [6.45, 7) is 6.51. The van der Waals surface area contributed by atoms with Crippen molar-refractivity contribution in [3.8, 4) is 0 Å². The van der Waals surface area contributed by atoms with Crippen LogP contribution in [0.1, 0.15) is 33.1 Å². The van der Waals surface area contributed by atoms with Crippen LogP contribution in [0.5, 0.6) is 0 Å². The van der Waals surface area contributed by atoms with Gasteiger partial charge in [0, 0.05) is 24.0 Å². The van der Waals surface area contributed by atoms with Crippen LogP contribution in [-0.4, -0.2) is 42.1 Å². The van der Waals surface area contributed by atoms with E-state index in [2.05, 4.69) is 41.7 Å². The van der Waals surface area contributed by atoms with Gasteiger partial charge in [0.05, 0.1) is 6.10 Å². The quantitative estimate of drug-likeness (QED) is 0.724. The topological polar surface area (TPSA) is 12.5 Å². The summed E-state index contributed by atoms with van der Waals surface area (Å²) in [7, 11) is 2.18. The second-order valence-corrected chi connectivity index (χ2v) is 5.38. The number of halogens is 1. The highest BCUT2D eigenvalue weighted by Gasteiger charge is 2.25. The van der Waals surface area contributed by atoms with E-state index in [0.717, 1.165) is 18.5 Å². The molecule has 0 radical (unpaired) electrons. The van der Waals surface area contributed by atoms with Crippen molar-refractivity contribution in [3.63, 3.8) is 0 Å². The second kappa shape index (κ2) is 5.47. The number of likely N-dealkylation sites (N-methyl/N-ethyl adjacent to an activating group) is 1. The van der Waals surface area contributed by atoms with Gasteiger partial charge >= 0.3 is 0 Å². The van der Waals surface area contributed by atoms with E-state index in [-0.39, 0.29) is 5.54 Å². The van der Waals surface area contributed by atoms with Crippen LogP contribution in [0.3, 0.4) is 0 Å². The van der Waals surface area contributed by atoms with Gasteiger partial charge in [-0.05, 0) is 40.2 Å². The zero-order valence-corrected chi connectivity index (χ0v) is 11.1. The number of rotatable bonds is 4. The summed E-state index contributed by atoms with van der Waals surface area (Å²) in [6, 6.07) is 0.